The summed E-state index contributed by atoms with van der Waals surface area (Å²) < 4.78 is 11.4. The summed E-state index contributed by atoms with van der Waals surface area (Å²) in [5.74, 6) is 0.0993. The molecule has 0 aliphatic carbocycles. The Balaban J connectivity index is 2.02. The zero-order valence-corrected chi connectivity index (χ0v) is 21.2. The largest absolute Gasteiger partial charge is 0.496 e. The van der Waals surface area contributed by atoms with E-state index in [4.69, 9.17) is 9.47 Å². The molecule has 0 bridgehead atoms. The molecule has 8 nitrogen and oxygen atoms in total. The van der Waals surface area contributed by atoms with E-state index in [1.54, 1.807) is 7.11 Å². The topological polar surface area (TPSA) is 116 Å². The number of methoxy groups -OCH3 is 1. The van der Waals surface area contributed by atoms with Gasteiger partial charge < -0.3 is 34.4 Å². The second-order valence-electron chi connectivity index (χ2n) is 9.51. The summed E-state index contributed by atoms with van der Waals surface area (Å²) in [5, 5.41) is 39.5. The van der Waals surface area contributed by atoms with Gasteiger partial charge in [-0.25, -0.2) is 4.79 Å². The van der Waals surface area contributed by atoms with E-state index in [9.17, 15) is 25.2 Å². The van der Waals surface area contributed by atoms with Crippen molar-refractivity contribution in [2.24, 2.45) is 0 Å². The van der Waals surface area contributed by atoms with Crippen LogP contribution >= 0.6 is 0 Å². The molecule has 0 spiro atoms. The minimum absolute atomic E-state index is 0.0122. The van der Waals surface area contributed by atoms with Crippen LogP contribution in [0.15, 0.2) is 36.9 Å². The lowest BCUT2D eigenvalue weighted by molar-refractivity contribution is -0.941. The van der Waals surface area contributed by atoms with E-state index < -0.39 is 5.97 Å². The molecule has 1 heterocycles. The quantitative estimate of drug-likeness (QED) is 0.153. The number of benzene rings is 2. The fourth-order valence-corrected chi connectivity index (χ4v) is 5.31. The number of likely N-dealkylation sites (N-methyl/N-ethyl adjacent to an activating group) is 1. The maximum atomic E-state index is 11.5. The Hall–Kier alpha value is -2.75. The van der Waals surface area contributed by atoms with Crippen LogP contribution in [-0.4, -0.2) is 64.7 Å². The molecule has 2 aromatic rings. The summed E-state index contributed by atoms with van der Waals surface area (Å²) in [7, 11) is 3.73. The van der Waals surface area contributed by atoms with E-state index in [1.807, 2.05) is 24.3 Å². The van der Waals surface area contributed by atoms with Crippen molar-refractivity contribution >= 4 is 5.97 Å². The van der Waals surface area contributed by atoms with Crippen molar-refractivity contribution in [3.8, 4) is 5.75 Å². The van der Waals surface area contributed by atoms with Gasteiger partial charge in [0.05, 0.1) is 60.3 Å². The number of carbonyl (C=O) groups is 1. The van der Waals surface area contributed by atoms with Crippen LogP contribution in [0.5, 0.6) is 5.75 Å². The van der Waals surface area contributed by atoms with Crippen LogP contribution in [0.2, 0.25) is 0 Å². The summed E-state index contributed by atoms with van der Waals surface area (Å²) in [5.41, 5.74) is 5.87. The first-order valence-corrected chi connectivity index (χ1v) is 12.2. The zero-order chi connectivity index (χ0) is 26.3. The van der Waals surface area contributed by atoms with Gasteiger partial charge in [0.15, 0.2) is 0 Å². The first-order chi connectivity index (χ1) is 17.3. The number of esters is 1. The van der Waals surface area contributed by atoms with Gasteiger partial charge in [0, 0.05) is 36.5 Å². The van der Waals surface area contributed by atoms with Crippen LogP contribution in [0, 0.1) is 0 Å². The van der Waals surface area contributed by atoms with Gasteiger partial charge in [-0.2, -0.15) is 0 Å². The van der Waals surface area contributed by atoms with Crippen molar-refractivity contribution in [3.05, 3.63) is 75.9 Å². The lowest BCUT2D eigenvalue weighted by Crippen LogP contribution is -2.52. The van der Waals surface area contributed by atoms with Gasteiger partial charge in [0.2, 0.25) is 0 Å². The number of nitrogens with zero attached hydrogens (tertiary/aromatic N) is 1. The fraction of sp³-hybridized carbons (Fsp3) is 0.464. The minimum atomic E-state index is -0.435. The molecule has 196 valence electrons. The summed E-state index contributed by atoms with van der Waals surface area (Å²) >= 11 is 0. The molecule has 36 heavy (non-hydrogen) atoms. The average molecular weight is 501 g/mol. The monoisotopic (exact) mass is 500 g/mol. The third-order valence-corrected chi connectivity index (χ3v) is 7.37. The van der Waals surface area contributed by atoms with Gasteiger partial charge in [-0.15, -0.1) is 0 Å². The smallest absolute Gasteiger partial charge is 0.330 e. The third-order valence-electron chi connectivity index (χ3n) is 7.37. The molecule has 4 N–H and O–H groups in total. The Morgan fingerprint density at radius 1 is 1.06 bits per heavy atom. The van der Waals surface area contributed by atoms with Crippen LogP contribution in [0.25, 0.3) is 0 Å². The van der Waals surface area contributed by atoms with Crippen LogP contribution in [0.4, 0.5) is 0 Å². The molecule has 3 rings (SSSR count). The van der Waals surface area contributed by atoms with Crippen LogP contribution in [0.1, 0.15) is 51.4 Å². The van der Waals surface area contributed by atoms with Gasteiger partial charge in [-0.1, -0.05) is 18.7 Å². The summed E-state index contributed by atoms with van der Waals surface area (Å²) in [6.07, 6.45) is 3.29. The van der Waals surface area contributed by atoms with Crippen molar-refractivity contribution in [1.29, 1.82) is 0 Å². The van der Waals surface area contributed by atoms with Crippen molar-refractivity contribution in [1.82, 2.24) is 0 Å². The Morgan fingerprint density at radius 2 is 1.75 bits per heavy atom. The number of fused-ring (bicyclic) bond motifs is 1. The predicted molar refractivity (Wildman–Crippen MR) is 135 cm³/mol. The Bertz CT molecular complexity index is 1060. The Morgan fingerprint density at radius 3 is 2.36 bits per heavy atom. The third kappa shape index (κ3) is 5.96. The van der Waals surface area contributed by atoms with E-state index in [1.165, 1.54) is 0 Å². The molecule has 0 amide bonds. The number of quaternary nitrogens is 1. The second kappa shape index (κ2) is 12.5. The second-order valence-corrected chi connectivity index (χ2v) is 9.51. The highest BCUT2D eigenvalue weighted by atomic mass is 16.5. The van der Waals surface area contributed by atoms with Crippen LogP contribution in [0.3, 0.4) is 0 Å². The van der Waals surface area contributed by atoms with Crippen molar-refractivity contribution in [3.63, 3.8) is 0 Å². The molecule has 2 atom stereocenters. The molecule has 1 aliphatic rings. The van der Waals surface area contributed by atoms with Crippen LogP contribution in [-0.2, 0) is 48.8 Å². The fourth-order valence-electron chi connectivity index (χ4n) is 5.31. The number of hydrogen-bond donors (Lipinski definition) is 4. The number of aliphatic hydroxyl groups is 4. The number of aliphatic hydroxyl groups excluding tert-OH is 4. The molecular formula is C28H38NO7+. The number of ether oxygens (including phenoxy) is 2. The molecule has 0 unspecified atom stereocenters. The molecule has 0 saturated carbocycles. The van der Waals surface area contributed by atoms with Gasteiger partial charge >= 0.3 is 5.97 Å². The van der Waals surface area contributed by atoms with E-state index in [0.29, 0.717) is 46.4 Å². The van der Waals surface area contributed by atoms with Crippen molar-refractivity contribution in [2.75, 3.05) is 33.9 Å². The molecule has 0 aromatic heterocycles. The summed E-state index contributed by atoms with van der Waals surface area (Å²) in [4.78, 5) is 11.5. The molecule has 0 fully saturated rings. The standard InChI is InChI=1S/C28H38NO7/c1-4-28(34)36-9-5-7-29(2)8-6-20-13-21(15-30)22(16-31)14-24(20)26(29)11-19-10-23(17-32)25(18-33)27(12-19)35-3/h4,10,12-14,26,30-33H,1,5-9,11,15-18H2,2-3H3/q+1/t26-,29-/m1/s1. The van der Waals surface area contributed by atoms with Gasteiger partial charge in [0.25, 0.3) is 0 Å². The SMILES string of the molecule is C=CC(=O)OCCC[N@+]1(C)CCc2cc(CO)c(CO)cc2[C@H]1Cc1cc(CO)c(CO)c(OC)c1. The first-order valence-electron chi connectivity index (χ1n) is 12.2. The highest BCUT2D eigenvalue weighted by Crippen LogP contribution is 2.40. The minimum Gasteiger partial charge on any atom is -0.496 e. The lowest BCUT2D eigenvalue weighted by Gasteiger charge is -2.46. The summed E-state index contributed by atoms with van der Waals surface area (Å²) in [6, 6.07) is 7.83. The van der Waals surface area contributed by atoms with Gasteiger partial charge in [0.1, 0.15) is 11.8 Å². The first kappa shape index (κ1) is 27.8. The highest BCUT2D eigenvalue weighted by molar-refractivity contribution is 5.81. The highest BCUT2D eigenvalue weighted by Gasteiger charge is 2.39. The normalized spacial score (nSPS) is 19.0. The number of carbonyl (C=O) groups excluding carboxylic acids is 1. The van der Waals surface area contributed by atoms with E-state index >= 15 is 0 Å². The molecule has 1 aliphatic heterocycles. The van der Waals surface area contributed by atoms with E-state index in [0.717, 1.165) is 47.8 Å². The maximum Gasteiger partial charge on any atom is 0.330 e. The van der Waals surface area contributed by atoms with Crippen molar-refractivity contribution in [2.45, 2.75) is 51.7 Å². The van der Waals surface area contributed by atoms with Gasteiger partial charge in [-0.05, 0) is 39.9 Å². The van der Waals surface area contributed by atoms with E-state index in [2.05, 4.69) is 13.6 Å². The zero-order valence-electron chi connectivity index (χ0n) is 21.2. The van der Waals surface area contributed by atoms with E-state index in [-0.39, 0.29) is 32.5 Å². The maximum absolute atomic E-state index is 11.5. The van der Waals surface area contributed by atoms with Crippen molar-refractivity contribution < 1.29 is 39.2 Å². The molecule has 0 radical (unpaired) electrons. The predicted octanol–water partition coefficient (Wildman–Crippen LogP) is 2.07. The Labute approximate surface area is 212 Å². The number of rotatable bonds is 12. The number of hydrogen-bond acceptors (Lipinski definition) is 7. The van der Waals surface area contributed by atoms with Crippen LogP contribution < -0.4 is 4.74 Å². The van der Waals surface area contributed by atoms with Gasteiger partial charge in [-0.3, -0.25) is 0 Å². The molecule has 0 saturated heterocycles. The molecule has 8 heteroatoms. The molecule has 2 aromatic carbocycles. The lowest BCUT2D eigenvalue weighted by atomic mass is 9.83. The molecular weight excluding hydrogens is 462 g/mol. The summed E-state index contributed by atoms with van der Waals surface area (Å²) in [6.45, 7) is 4.63. The Kier molecular flexibility index (Phi) is 9.64. The average Bonchev–Trinajstić information content (AvgIpc) is 2.91.